The van der Waals surface area contributed by atoms with Crippen LogP contribution in [0.5, 0.6) is 0 Å². The monoisotopic (exact) mass is 231 g/mol. The molecule has 0 fully saturated rings. The second kappa shape index (κ2) is 4.52. The van der Waals surface area contributed by atoms with Gasteiger partial charge in [-0.3, -0.25) is 0 Å². The van der Waals surface area contributed by atoms with E-state index in [1.54, 1.807) is 6.07 Å². The average molecular weight is 232 g/mol. The first-order valence-electron chi connectivity index (χ1n) is 4.63. The van der Waals surface area contributed by atoms with Gasteiger partial charge in [-0.25, -0.2) is 0 Å². The van der Waals surface area contributed by atoms with Gasteiger partial charge >= 0.3 is 0 Å². The van der Waals surface area contributed by atoms with E-state index in [9.17, 15) is 0 Å². The fourth-order valence-corrected chi connectivity index (χ4v) is 2.20. The van der Waals surface area contributed by atoms with Crippen LogP contribution >= 0.6 is 23.2 Å². The van der Waals surface area contributed by atoms with Crippen molar-refractivity contribution in [1.29, 1.82) is 0 Å². The highest BCUT2D eigenvalue weighted by atomic mass is 35.5. The Labute approximate surface area is 95.2 Å². The van der Waals surface area contributed by atoms with E-state index in [0.717, 1.165) is 17.0 Å². The molecule has 0 aromatic heterocycles. The molecule has 1 aromatic carbocycles. The van der Waals surface area contributed by atoms with E-state index < -0.39 is 0 Å². The summed E-state index contributed by atoms with van der Waals surface area (Å²) in [6.45, 7) is 4.93. The van der Waals surface area contributed by atoms with Crippen molar-refractivity contribution in [3.8, 4) is 0 Å². The Hall–Kier alpha value is -0.240. The fourth-order valence-electron chi connectivity index (χ4n) is 1.53. The smallest absolute Gasteiger partial charge is 0.0458 e. The molecular weight excluding hydrogens is 217 g/mol. The van der Waals surface area contributed by atoms with E-state index in [1.807, 2.05) is 12.1 Å². The minimum atomic E-state index is 0.0103. The van der Waals surface area contributed by atoms with Gasteiger partial charge in [-0.2, -0.15) is 0 Å². The van der Waals surface area contributed by atoms with Crippen LogP contribution < -0.4 is 5.73 Å². The lowest BCUT2D eigenvalue weighted by molar-refractivity contribution is 0.488. The van der Waals surface area contributed by atoms with Gasteiger partial charge in [0.1, 0.15) is 0 Å². The standard InChI is InChI=1S/C11H15Cl2N/c1-11(2,5-6-14)9-4-3-8(12)7-10(9)13/h3-4,7H,5-6,14H2,1-2H3. The zero-order valence-electron chi connectivity index (χ0n) is 8.48. The molecule has 0 bridgehead atoms. The lowest BCUT2D eigenvalue weighted by atomic mass is 9.81. The van der Waals surface area contributed by atoms with E-state index in [1.165, 1.54) is 0 Å². The molecule has 78 valence electrons. The van der Waals surface area contributed by atoms with Crippen molar-refractivity contribution < 1.29 is 0 Å². The Bertz CT molecular complexity index is 321. The highest BCUT2D eigenvalue weighted by molar-refractivity contribution is 6.35. The van der Waals surface area contributed by atoms with Gasteiger partial charge in [0.2, 0.25) is 0 Å². The number of halogens is 2. The van der Waals surface area contributed by atoms with Gasteiger partial charge in [-0.15, -0.1) is 0 Å². The van der Waals surface area contributed by atoms with Crippen LogP contribution in [0.3, 0.4) is 0 Å². The Balaban J connectivity index is 3.06. The zero-order chi connectivity index (χ0) is 10.8. The average Bonchev–Trinajstić information content (AvgIpc) is 2.02. The number of benzene rings is 1. The minimum Gasteiger partial charge on any atom is -0.330 e. The van der Waals surface area contributed by atoms with Gasteiger partial charge < -0.3 is 5.73 Å². The maximum atomic E-state index is 6.12. The summed E-state index contributed by atoms with van der Waals surface area (Å²) in [6, 6.07) is 5.61. The summed E-state index contributed by atoms with van der Waals surface area (Å²) in [5.74, 6) is 0. The number of rotatable bonds is 3. The normalized spacial score (nSPS) is 11.8. The van der Waals surface area contributed by atoms with Gasteiger partial charge in [-0.05, 0) is 36.1 Å². The molecule has 0 saturated carbocycles. The van der Waals surface area contributed by atoms with E-state index in [0.29, 0.717) is 11.6 Å². The second-order valence-corrected chi connectivity index (χ2v) is 4.89. The van der Waals surface area contributed by atoms with Crippen LogP contribution in [0.15, 0.2) is 18.2 Å². The quantitative estimate of drug-likeness (QED) is 0.846. The Morgan fingerprint density at radius 2 is 1.93 bits per heavy atom. The number of hydrogen-bond donors (Lipinski definition) is 1. The topological polar surface area (TPSA) is 26.0 Å². The summed E-state index contributed by atoms with van der Waals surface area (Å²) < 4.78 is 0. The van der Waals surface area contributed by atoms with Crippen molar-refractivity contribution in [2.24, 2.45) is 5.73 Å². The van der Waals surface area contributed by atoms with E-state index >= 15 is 0 Å². The molecule has 0 unspecified atom stereocenters. The van der Waals surface area contributed by atoms with Gasteiger partial charge in [0, 0.05) is 10.0 Å². The maximum Gasteiger partial charge on any atom is 0.0458 e. The molecule has 0 spiro atoms. The third-order valence-electron chi connectivity index (χ3n) is 2.43. The third-order valence-corrected chi connectivity index (χ3v) is 2.98. The van der Waals surface area contributed by atoms with E-state index in [2.05, 4.69) is 13.8 Å². The largest absolute Gasteiger partial charge is 0.330 e. The summed E-state index contributed by atoms with van der Waals surface area (Å²) in [5, 5.41) is 1.39. The first-order chi connectivity index (χ1) is 6.47. The summed E-state index contributed by atoms with van der Waals surface area (Å²) in [6.07, 6.45) is 0.911. The summed E-state index contributed by atoms with van der Waals surface area (Å²) in [5.41, 5.74) is 6.68. The van der Waals surface area contributed by atoms with E-state index in [-0.39, 0.29) is 5.41 Å². The first-order valence-corrected chi connectivity index (χ1v) is 5.38. The Morgan fingerprint density at radius 3 is 2.43 bits per heavy atom. The van der Waals surface area contributed by atoms with Crippen LogP contribution in [0, 0.1) is 0 Å². The van der Waals surface area contributed by atoms with Gasteiger partial charge in [-0.1, -0.05) is 43.1 Å². The molecule has 0 saturated heterocycles. The summed E-state index contributed by atoms with van der Waals surface area (Å²) >= 11 is 12.0. The van der Waals surface area contributed by atoms with Gasteiger partial charge in [0.25, 0.3) is 0 Å². The molecule has 2 N–H and O–H groups in total. The van der Waals surface area contributed by atoms with Crippen molar-refractivity contribution in [1.82, 2.24) is 0 Å². The highest BCUT2D eigenvalue weighted by Crippen LogP contribution is 2.33. The molecule has 1 aromatic rings. The van der Waals surface area contributed by atoms with Crippen LogP contribution in [0.2, 0.25) is 10.0 Å². The lowest BCUT2D eigenvalue weighted by Gasteiger charge is -2.25. The van der Waals surface area contributed by atoms with Gasteiger partial charge in [0.15, 0.2) is 0 Å². The lowest BCUT2D eigenvalue weighted by Crippen LogP contribution is -2.22. The molecule has 0 atom stereocenters. The SMILES string of the molecule is CC(C)(CCN)c1ccc(Cl)cc1Cl. The fraction of sp³-hybridized carbons (Fsp3) is 0.455. The molecular formula is C11H15Cl2N. The number of nitrogens with two attached hydrogens (primary N) is 1. The summed E-state index contributed by atoms with van der Waals surface area (Å²) in [4.78, 5) is 0. The predicted molar refractivity (Wildman–Crippen MR) is 63.2 cm³/mol. The molecule has 14 heavy (non-hydrogen) atoms. The maximum absolute atomic E-state index is 6.12. The Morgan fingerprint density at radius 1 is 1.29 bits per heavy atom. The highest BCUT2D eigenvalue weighted by Gasteiger charge is 2.22. The molecule has 0 aliphatic rings. The first kappa shape index (κ1) is 11.8. The molecule has 0 radical (unpaired) electrons. The number of hydrogen-bond acceptors (Lipinski definition) is 1. The van der Waals surface area contributed by atoms with Crippen LogP contribution in [0.25, 0.3) is 0 Å². The zero-order valence-corrected chi connectivity index (χ0v) is 9.99. The molecule has 1 nitrogen and oxygen atoms in total. The molecule has 0 heterocycles. The van der Waals surface area contributed by atoms with Crippen molar-refractivity contribution in [2.45, 2.75) is 25.7 Å². The van der Waals surface area contributed by atoms with Crippen molar-refractivity contribution in [3.63, 3.8) is 0 Å². The molecule has 0 amide bonds. The van der Waals surface area contributed by atoms with Crippen molar-refractivity contribution >= 4 is 23.2 Å². The third kappa shape index (κ3) is 2.63. The van der Waals surface area contributed by atoms with Gasteiger partial charge in [0.05, 0.1) is 0 Å². The van der Waals surface area contributed by atoms with Crippen LogP contribution in [0.4, 0.5) is 0 Å². The van der Waals surface area contributed by atoms with Crippen LogP contribution in [-0.4, -0.2) is 6.54 Å². The molecule has 0 aliphatic carbocycles. The van der Waals surface area contributed by atoms with E-state index in [4.69, 9.17) is 28.9 Å². The molecule has 1 rings (SSSR count). The summed E-state index contributed by atoms with van der Waals surface area (Å²) in [7, 11) is 0. The van der Waals surface area contributed by atoms with Crippen molar-refractivity contribution in [2.75, 3.05) is 6.54 Å². The van der Waals surface area contributed by atoms with Crippen LogP contribution in [-0.2, 0) is 5.41 Å². The predicted octanol–water partition coefficient (Wildman–Crippen LogP) is 3.62. The van der Waals surface area contributed by atoms with Crippen LogP contribution in [0.1, 0.15) is 25.8 Å². The Kier molecular flexibility index (Phi) is 3.82. The minimum absolute atomic E-state index is 0.0103. The second-order valence-electron chi connectivity index (χ2n) is 4.05. The van der Waals surface area contributed by atoms with Crippen molar-refractivity contribution in [3.05, 3.63) is 33.8 Å². The molecule has 3 heteroatoms. The molecule has 0 aliphatic heterocycles.